The molecule has 2 aliphatic rings. The van der Waals surface area contributed by atoms with E-state index >= 15 is 0 Å². The van der Waals surface area contributed by atoms with Crippen LogP contribution in [-0.2, 0) is 4.74 Å². The molecule has 0 unspecified atom stereocenters. The van der Waals surface area contributed by atoms with E-state index in [0.29, 0.717) is 5.92 Å². The minimum Gasteiger partial charge on any atom is -0.379 e. The summed E-state index contributed by atoms with van der Waals surface area (Å²) in [6.07, 6.45) is 4.21. The quantitative estimate of drug-likeness (QED) is 0.490. The van der Waals surface area contributed by atoms with Gasteiger partial charge in [0.05, 0.1) is 33.6 Å². The van der Waals surface area contributed by atoms with E-state index < -0.39 is 0 Å². The van der Waals surface area contributed by atoms with Crippen LogP contribution in [0.2, 0.25) is 0 Å². The molecule has 0 radical (unpaired) electrons. The van der Waals surface area contributed by atoms with E-state index in [1.165, 1.54) is 21.4 Å². The average molecular weight is 423 g/mol. The summed E-state index contributed by atoms with van der Waals surface area (Å²) in [7, 11) is 2.25. The average Bonchev–Trinajstić information content (AvgIpc) is 3.50. The predicted octanol–water partition coefficient (Wildman–Crippen LogP) is 5.23. The van der Waals surface area contributed by atoms with Crippen LogP contribution in [0.5, 0.6) is 0 Å². The zero-order chi connectivity index (χ0) is 19.4. The Balaban J connectivity index is 1.38. The Labute approximate surface area is 177 Å². The number of likely N-dealkylation sites (N-methyl/N-ethyl adjacent to an activating group) is 1. The lowest BCUT2D eigenvalue weighted by Gasteiger charge is -2.35. The molecule has 7 heteroatoms. The van der Waals surface area contributed by atoms with Crippen molar-refractivity contribution in [3.05, 3.63) is 46.9 Å². The fraction of sp³-hybridized carbons (Fsp3) is 0.364. The summed E-state index contributed by atoms with van der Waals surface area (Å²) in [4.78, 5) is 14.2. The number of hydrogen-bond acceptors (Lipinski definition) is 7. The van der Waals surface area contributed by atoms with E-state index in [0.717, 1.165) is 47.9 Å². The summed E-state index contributed by atoms with van der Waals surface area (Å²) in [5.74, 6) is 0.522. The molecule has 148 valence electrons. The topological polar surface area (TPSA) is 50.3 Å². The highest BCUT2D eigenvalue weighted by atomic mass is 32.1. The van der Waals surface area contributed by atoms with Crippen LogP contribution < -0.4 is 5.32 Å². The van der Waals surface area contributed by atoms with Gasteiger partial charge in [-0.1, -0.05) is 0 Å². The molecule has 5 heterocycles. The second kappa shape index (κ2) is 6.74. The molecule has 3 aromatic heterocycles. The van der Waals surface area contributed by atoms with Gasteiger partial charge in [0.15, 0.2) is 0 Å². The number of aromatic nitrogens is 2. The number of rotatable bonds is 3. The van der Waals surface area contributed by atoms with Crippen LogP contribution in [0.15, 0.2) is 42.0 Å². The molecule has 1 N–H and O–H groups in total. The maximum Gasteiger partial charge on any atom is 0.125 e. The first kappa shape index (κ1) is 17.8. The maximum absolute atomic E-state index is 5.84. The number of anilines is 2. The van der Waals surface area contributed by atoms with Crippen molar-refractivity contribution in [2.75, 3.05) is 32.1 Å². The molecule has 0 amide bonds. The number of nitrogens with zero attached hydrogens (tertiary/aromatic N) is 3. The Morgan fingerprint density at radius 3 is 3.10 bits per heavy atom. The normalized spacial score (nSPS) is 24.9. The zero-order valence-corrected chi connectivity index (χ0v) is 17.9. The van der Waals surface area contributed by atoms with Crippen LogP contribution in [0.3, 0.4) is 0 Å². The van der Waals surface area contributed by atoms with Gasteiger partial charge in [0.25, 0.3) is 0 Å². The summed E-state index contributed by atoms with van der Waals surface area (Å²) in [6, 6.07) is 10.8. The monoisotopic (exact) mass is 422 g/mol. The SMILES string of the molecule is CN1CC[C@@H](c2cc3c(Nc4ccc5scnc5c4)ccnc3s2)[C@]12CCOC2. The third-order valence-corrected chi connectivity index (χ3v) is 8.57. The largest absolute Gasteiger partial charge is 0.379 e. The van der Waals surface area contributed by atoms with E-state index in [1.54, 1.807) is 11.3 Å². The van der Waals surface area contributed by atoms with Gasteiger partial charge in [0.1, 0.15) is 4.83 Å². The summed E-state index contributed by atoms with van der Waals surface area (Å²) in [6.45, 7) is 2.85. The molecule has 0 saturated carbocycles. The van der Waals surface area contributed by atoms with Crippen molar-refractivity contribution < 1.29 is 4.74 Å². The van der Waals surface area contributed by atoms with Crippen molar-refractivity contribution in [2.45, 2.75) is 24.3 Å². The molecule has 5 nitrogen and oxygen atoms in total. The fourth-order valence-corrected chi connectivity index (χ4v) is 6.89. The molecule has 1 aromatic carbocycles. The van der Waals surface area contributed by atoms with Gasteiger partial charge >= 0.3 is 0 Å². The lowest BCUT2D eigenvalue weighted by atomic mass is 9.83. The highest BCUT2D eigenvalue weighted by Crippen LogP contribution is 2.49. The van der Waals surface area contributed by atoms with Crippen molar-refractivity contribution in [3.8, 4) is 0 Å². The molecule has 2 fully saturated rings. The Morgan fingerprint density at radius 1 is 1.24 bits per heavy atom. The molecular formula is C22H22N4OS2. The Hall–Kier alpha value is -2.06. The van der Waals surface area contributed by atoms with Gasteiger partial charge in [-0.2, -0.15) is 0 Å². The Kier molecular flexibility index (Phi) is 4.13. The van der Waals surface area contributed by atoms with E-state index in [1.807, 2.05) is 23.0 Å². The van der Waals surface area contributed by atoms with Crippen molar-refractivity contribution in [1.82, 2.24) is 14.9 Å². The van der Waals surface area contributed by atoms with Gasteiger partial charge in [-0.15, -0.1) is 22.7 Å². The van der Waals surface area contributed by atoms with Crippen LogP contribution >= 0.6 is 22.7 Å². The number of thiophene rings is 1. The van der Waals surface area contributed by atoms with E-state index in [-0.39, 0.29) is 5.54 Å². The molecular weight excluding hydrogens is 400 g/mol. The Morgan fingerprint density at radius 2 is 2.21 bits per heavy atom. The molecule has 2 aliphatic heterocycles. The molecule has 6 rings (SSSR count). The number of likely N-dealkylation sites (tertiary alicyclic amines) is 1. The summed E-state index contributed by atoms with van der Waals surface area (Å²) in [5, 5.41) is 4.80. The molecule has 4 aromatic rings. The minimum absolute atomic E-state index is 0.157. The number of fused-ring (bicyclic) bond motifs is 2. The second-order valence-corrected chi connectivity index (χ2v) is 10.0. The zero-order valence-electron chi connectivity index (χ0n) is 16.2. The minimum atomic E-state index is 0.157. The van der Waals surface area contributed by atoms with Crippen molar-refractivity contribution in [2.24, 2.45) is 0 Å². The molecule has 0 bridgehead atoms. The van der Waals surface area contributed by atoms with Gasteiger partial charge in [0.2, 0.25) is 0 Å². The smallest absolute Gasteiger partial charge is 0.125 e. The maximum atomic E-state index is 5.84. The summed E-state index contributed by atoms with van der Waals surface area (Å²) >= 11 is 3.51. The van der Waals surface area contributed by atoms with Crippen molar-refractivity contribution in [1.29, 1.82) is 0 Å². The third kappa shape index (κ3) is 2.79. The number of benzene rings is 1. The first-order valence-corrected chi connectivity index (χ1v) is 11.7. The highest BCUT2D eigenvalue weighted by molar-refractivity contribution is 7.18. The number of nitrogens with one attached hydrogen (secondary N) is 1. The molecule has 1 spiro atoms. The first-order chi connectivity index (χ1) is 14.2. The molecule has 2 saturated heterocycles. The fourth-order valence-electron chi connectivity index (χ4n) is 4.96. The molecule has 29 heavy (non-hydrogen) atoms. The van der Waals surface area contributed by atoms with Gasteiger partial charge in [-0.3, -0.25) is 4.90 Å². The Bertz CT molecular complexity index is 1190. The van der Waals surface area contributed by atoms with Gasteiger partial charge in [-0.25, -0.2) is 9.97 Å². The second-order valence-electron chi connectivity index (χ2n) is 8.05. The molecule has 2 atom stereocenters. The lowest BCUT2D eigenvalue weighted by Crippen LogP contribution is -2.45. The highest BCUT2D eigenvalue weighted by Gasteiger charge is 2.50. The predicted molar refractivity (Wildman–Crippen MR) is 121 cm³/mol. The van der Waals surface area contributed by atoms with Crippen LogP contribution in [0.1, 0.15) is 23.6 Å². The number of pyridine rings is 1. The number of ether oxygens (including phenoxy) is 1. The van der Waals surface area contributed by atoms with Crippen LogP contribution in [0, 0.1) is 0 Å². The van der Waals surface area contributed by atoms with E-state index in [2.05, 4.69) is 57.6 Å². The van der Waals surface area contributed by atoms with Crippen molar-refractivity contribution in [3.63, 3.8) is 0 Å². The van der Waals surface area contributed by atoms with Gasteiger partial charge in [0, 0.05) is 34.7 Å². The van der Waals surface area contributed by atoms with Gasteiger partial charge in [-0.05, 0) is 56.8 Å². The number of hydrogen-bond donors (Lipinski definition) is 1. The van der Waals surface area contributed by atoms with E-state index in [4.69, 9.17) is 4.74 Å². The summed E-state index contributed by atoms with van der Waals surface area (Å²) in [5.41, 5.74) is 5.25. The van der Waals surface area contributed by atoms with Crippen molar-refractivity contribution >= 4 is 54.5 Å². The van der Waals surface area contributed by atoms with Crippen LogP contribution in [0.4, 0.5) is 11.4 Å². The summed E-state index contributed by atoms with van der Waals surface area (Å²) < 4.78 is 7.05. The number of thiazole rings is 1. The standard InChI is InChI=1S/C22H22N4OS2/c1-26-8-5-16(22(26)6-9-27-12-22)20-11-15-17(4-7-23-21(15)29-20)25-14-2-3-19-18(10-14)24-13-28-19/h2-4,7,10-11,13,16H,5-6,8-9,12H2,1H3,(H,23,25)/t16-,22+/m0/s1. The van der Waals surface area contributed by atoms with Gasteiger partial charge < -0.3 is 10.1 Å². The third-order valence-electron chi connectivity index (χ3n) is 6.60. The van der Waals surface area contributed by atoms with Crippen LogP contribution in [-0.4, -0.2) is 47.2 Å². The first-order valence-electron chi connectivity index (χ1n) is 10.0. The van der Waals surface area contributed by atoms with E-state index in [9.17, 15) is 0 Å². The lowest BCUT2D eigenvalue weighted by molar-refractivity contribution is 0.111. The molecule has 0 aliphatic carbocycles. The van der Waals surface area contributed by atoms with Crippen LogP contribution in [0.25, 0.3) is 20.4 Å².